The number of hydrogen-bond acceptors (Lipinski definition) is 9. The molecule has 1 unspecified atom stereocenters. The third-order valence-electron chi connectivity index (χ3n) is 6.13. The molecular formula is C25H15N3O8. The van der Waals surface area contributed by atoms with E-state index in [0.29, 0.717) is 17.9 Å². The molecule has 2 aromatic carbocycles. The monoisotopic (exact) mass is 485 g/mol. The second-order valence-electron chi connectivity index (χ2n) is 8.25. The lowest BCUT2D eigenvalue weighted by atomic mass is 10.00. The van der Waals surface area contributed by atoms with Gasteiger partial charge in [-0.25, -0.2) is 14.6 Å². The first-order valence-corrected chi connectivity index (χ1v) is 10.8. The normalized spacial score (nSPS) is 15.4. The zero-order valence-corrected chi connectivity index (χ0v) is 18.4. The molecule has 4 heterocycles. The summed E-state index contributed by atoms with van der Waals surface area (Å²) < 4.78 is 17.0. The van der Waals surface area contributed by atoms with Gasteiger partial charge in [0.15, 0.2) is 0 Å². The van der Waals surface area contributed by atoms with Crippen molar-refractivity contribution in [1.29, 1.82) is 0 Å². The van der Waals surface area contributed by atoms with E-state index in [2.05, 4.69) is 0 Å². The Labute approximate surface area is 201 Å². The van der Waals surface area contributed by atoms with Crippen LogP contribution < -0.4 is 10.3 Å². The van der Waals surface area contributed by atoms with Crippen LogP contribution in [0.1, 0.15) is 22.8 Å². The Hall–Kier alpha value is -5.06. The second-order valence-corrected chi connectivity index (χ2v) is 8.25. The van der Waals surface area contributed by atoms with Gasteiger partial charge in [-0.05, 0) is 30.3 Å². The maximum Gasteiger partial charge on any atom is 0.515 e. The molecule has 2 aliphatic rings. The summed E-state index contributed by atoms with van der Waals surface area (Å²) in [5.74, 6) is -0.869. The van der Waals surface area contributed by atoms with E-state index < -0.39 is 23.2 Å². The summed E-state index contributed by atoms with van der Waals surface area (Å²) in [7, 11) is 0. The van der Waals surface area contributed by atoms with Crippen LogP contribution in [0.5, 0.6) is 5.75 Å². The largest absolute Gasteiger partial charge is 0.515 e. The highest BCUT2D eigenvalue weighted by Gasteiger charge is 2.38. The number of nitrogens with zero attached hydrogens (tertiary/aromatic N) is 3. The molecule has 1 atom stereocenters. The van der Waals surface area contributed by atoms with Gasteiger partial charge in [-0.2, -0.15) is 0 Å². The van der Waals surface area contributed by atoms with E-state index in [9.17, 15) is 24.5 Å². The minimum Gasteiger partial charge on any atom is -0.458 e. The summed E-state index contributed by atoms with van der Waals surface area (Å²) in [5.41, 5.74) is 2.58. The summed E-state index contributed by atoms with van der Waals surface area (Å²) in [6.45, 7) is 0.0621. The average Bonchev–Trinajstić information content (AvgIpc) is 3.22. The number of nitro benzene ring substituents is 1. The first-order chi connectivity index (χ1) is 17.4. The Kier molecular flexibility index (Phi) is 4.78. The van der Waals surface area contributed by atoms with Crippen molar-refractivity contribution in [2.45, 2.75) is 19.3 Å². The minimum atomic E-state index is -1.53. The fourth-order valence-electron chi connectivity index (χ4n) is 4.42. The summed E-state index contributed by atoms with van der Waals surface area (Å²) in [4.78, 5) is 53.2. The zero-order chi connectivity index (χ0) is 25.0. The molecule has 0 saturated carbocycles. The maximum atomic E-state index is 13.3. The smallest absolute Gasteiger partial charge is 0.458 e. The van der Waals surface area contributed by atoms with E-state index >= 15 is 0 Å². The lowest BCUT2D eigenvalue weighted by Crippen LogP contribution is -2.34. The molecule has 0 bridgehead atoms. The van der Waals surface area contributed by atoms with E-state index in [4.69, 9.17) is 19.2 Å². The van der Waals surface area contributed by atoms with Gasteiger partial charge in [-0.3, -0.25) is 14.9 Å². The van der Waals surface area contributed by atoms with Crippen LogP contribution in [0, 0.1) is 10.1 Å². The maximum absolute atomic E-state index is 13.3. The molecule has 2 aliphatic heterocycles. The molecule has 6 rings (SSSR count). The number of benzene rings is 2. The number of aromatic nitrogens is 2. The molecule has 178 valence electrons. The predicted octanol–water partition coefficient (Wildman–Crippen LogP) is 3.65. The minimum absolute atomic E-state index is 0.0194. The van der Waals surface area contributed by atoms with Gasteiger partial charge in [0.2, 0.25) is 6.10 Å². The van der Waals surface area contributed by atoms with Gasteiger partial charge in [0, 0.05) is 28.6 Å². The van der Waals surface area contributed by atoms with Crippen LogP contribution >= 0.6 is 0 Å². The Morgan fingerprint density at radius 1 is 1.11 bits per heavy atom. The third-order valence-corrected chi connectivity index (χ3v) is 6.13. The molecule has 0 saturated heterocycles. The van der Waals surface area contributed by atoms with Crippen LogP contribution in [0.25, 0.3) is 22.3 Å². The number of esters is 1. The zero-order valence-electron chi connectivity index (χ0n) is 18.4. The Morgan fingerprint density at radius 3 is 2.67 bits per heavy atom. The number of nitro groups is 1. The molecule has 0 amide bonds. The molecule has 11 heteroatoms. The summed E-state index contributed by atoms with van der Waals surface area (Å²) >= 11 is 0. The van der Waals surface area contributed by atoms with Gasteiger partial charge >= 0.3 is 12.1 Å². The Morgan fingerprint density at radius 2 is 1.89 bits per heavy atom. The van der Waals surface area contributed by atoms with Gasteiger partial charge in [0.1, 0.15) is 12.4 Å². The summed E-state index contributed by atoms with van der Waals surface area (Å²) in [6.07, 6.45) is -2.76. The molecule has 0 N–H and O–H groups in total. The highest BCUT2D eigenvalue weighted by atomic mass is 16.7. The van der Waals surface area contributed by atoms with Crippen molar-refractivity contribution in [3.63, 3.8) is 0 Å². The second kappa shape index (κ2) is 8.01. The van der Waals surface area contributed by atoms with Crippen LogP contribution in [0.2, 0.25) is 0 Å². The van der Waals surface area contributed by atoms with Gasteiger partial charge in [0.25, 0.3) is 11.2 Å². The van der Waals surface area contributed by atoms with Gasteiger partial charge < -0.3 is 18.8 Å². The first kappa shape index (κ1) is 21.5. The molecule has 0 aliphatic carbocycles. The van der Waals surface area contributed by atoms with E-state index in [0.717, 1.165) is 28.6 Å². The number of non-ortho nitro benzene ring substituents is 1. The quantitative estimate of drug-likeness (QED) is 0.162. The van der Waals surface area contributed by atoms with Crippen molar-refractivity contribution >= 4 is 28.7 Å². The predicted molar refractivity (Wildman–Crippen MR) is 123 cm³/mol. The van der Waals surface area contributed by atoms with Crippen LogP contribution in [0.3, 0.4) is 0 Å². The molecular weight excluding hydrogens is 470 g/mol. The van der Waals surface area contributed by atoms with Crippen molar-refractivity contribution in [2.24, 2.45) is 0 Å². The molecule has 36 heavy (non-hydrogen) atoms. The standard InChI is InChI=1S/C25H15N3O8/c29-23-18-12-34-24(30)22(36-25(31)35-16-7-5-15(6-8-16)28(32)33)17(18)10-20-21-14(11-27(20)23)9-13-3-1-2-4-19(13)26-21/h1-10,22H,11-12H2. The highest BCUT2D eigenvalue weighted by molar-refractivity contribution is 5.85. The van der Waals surface area contributed by atoms with Gasteiger partial charge in [0.05, 0.1) is 33.9 Å². The van der Waals surface area contributed by atoms with Gasteiger partial charge in [-0.1, -0.05) is 18.2 Å². The molecule has 2 aromatic heterocycles. The fraction of sp³-hybridized carbons (Fsp3) is 0.120. The van der Waals surface area contributed by atoms with Crippen molar-refractivity contribution in [1.82, 2.24) is 9.55 Å². The van der Waals surface area contributed by atoms with Crippen LogP contribution in [0.4, 0.5) is 10.5 Å². The van der Waals surface area contributed by atoms with E-state index in [1.165, 1.54) is 12.1 Å². The van der Waals surface area contributed by atoms with Crippen LogP contribution in [-0.2, 0) is 27.4 Å². The lowest BCUT2D eigenvalue weighted by molar-refractivity contribution is -0.384. The number of carbonyl (C=O) groups is 2. The lowest BCUT2D eigenvalue weighted by Gasteiger charge is -2.24. The van der Waals surface area contributed by atoms with Crippen molar-refractivity contribution in [3.8, 4) is 17.1 Å². The van der Waals surface area contributed by atoms with Crippen LogP contribution in [0.15, 0.2) is 65.5 Å². The highest BCUT2D eigenvalue weighted by Crippen LogP contribution is 2.36. The number of cyclic esters (lactones) is 1. The molecule has 0 radical (unpaired) electrons. The van der Waals surface area contributed by atoms with Crippen molar-refractivity contribution in [3.05, 3.63) is 97.8 Å². The third kappa shape index (κ3) is 3.45. The fourth-order valence-corrected chi connectivity index (χ4v) is 4.42. The van der Waals surface area contributed by atoms with E-state index in [1.54, 1.807) is 10.6 Å². The van der Waals surface area contributed by atoms with Gasteiger partial charge in [-0.15, -0.1) is 0 Å². The number of hydrogen-bond donors (Lipinski definition) is 0. The SMILES string of the molecule is O=C(Oc1ccc([N+](=O)[O-])cc1)OC1C(=O)OCc2c1cc1n(c2=O)Cc2cc3ccccc3nc2-1. The molecule has 11 nitrogen and oxygen atoms in total. The number of carbonyl (C=O) groups excluding carboxylic acids is 2. The number of pyridine rings is 2. The number of para-hydroxylation sites is 1. The molecule has 0 spiro atoms. The van der Waals surface area contributed by atoms with Crippen molar-refractivity contribution in [2.75, 3.05) is 0 Å². The number of rotatable bonds is 3. The van der Waals surface area contributed by atoms with E-state index in [-0.39, 0.29) is 34.7 Å². The Balaban J connectivity index is 1.34. The summed E-state index contributed by atoms with van der Waals surface area (Å²) in [6, 6.07) is 15.9. The average molecular weight is 485 g/mol. The molecule has 4 aromatic rings. The number of fused-ring (bicyclic) bond motifs is 5. The summed E-state index contributed by atoms with van der Waals surface area (Å²) in [5, 5.41) is 11.7. The molecule has 0 fully saturated rings. The van der Waals surface area contributed by atoms with Crippen LogP contribution in [-0.4, -0.2) is 26.6 Å². The first-order valence-electron chi connectivity index (χ1n) is 10.8. The topological polar surface area (TPSA) is 140 Å². The Bertz CT molecular complexity index is 1660. The van der Waals surface area contributed by atoms with Crippen molar-refractivity contribution < 1.29 is 28.7 Å². The number of ether oxygens (including phenoxy) is 3. The van der Waals surface area contributed by atoms with E-state index in [1.807, 2.05) is 30.3 Å².